The third-order valence-electron chi connectivity index (χ3n) is 17.1. The summed E-state index contributed by atoms with van der Waals surface area (Å²) < 4.78 is 68.4. The number of phosphoric acid groups is 2. The van der Waals surface area contributed by atoms with Gasteiger partial charge in [-0.25, -0.2) is 9.13 Å². The molecular formula is C74H144O17P2. The van der Waals surface area contributed by atoms with Crippen LogP contribution in [0.1, 0.15) is 370 Å². The van der Waals surface area contributed by atoms with Crippen LogP contribution in [0, 0.1) is 23.7 Å². The van der Waals surface area contributed by atoms with E-state index in [0.29, 0.717) is 31.6 Å². The first-order chi connectivity index (χ1) is 44.6. The van der Waals surface area contributed by atoms with Crippen LogP contribution in [0.3, 0.4) is 0 Å². The van der Waals surface area contributed by atoms with Gasteiger partial charge in [-0.3, -0.25) is 37.3 Å². The third kappa shape index (κ3) is 68.4. The van der Waals surface area contributed by atoms with E-state index in [1.54, 1.807) is 0 Å². The monoisotopic (exact) mass is 1370 g/mol. The summed E-state index contributed by atoms with van der Waals surface area (Å²) in [5, 5.41) is 10.6. The summed E-state index contributed by atoms with van der Waals surface area (Å²) in [6.45, 7) is 14.1. The van der Waals surface area contributed by atoms with E-state index in [9.17, 15) is 43.2 Å². The van der Waals surface area contributed by atoms with Gasteiger partial charge in [-0.05, 0) is 49.4 Å². The van der Waals surface area contributed by atoms with Crippen molar-refractivity contribution in [2.75, 3.05) is 39.6 Å². The predicted octanol–water partition coefficient (Wildman–Crippen LogP) is 21.3. The van der Waals surface area contributed by atoms with Gasteiger partial charge in [-0.2, -0.15) is 0 Å². The van der Waals surface area contributed by atoms with Crippen molar-refractivity contribution in [1.82, 2.24) is 0 Å². The van der Waals surface area contributed by atoms with Gasteiger partial charge in [0.25, 0.3) is 0 Å². The Morgan fingerprint density at radius 1 is 0.269 bits per heavy atom. The minimum Gasteiger partial charge on any atom is -0.462 e. The first-order valence-electron chi connectivity index (χ1n) is 38.2. The van der Waals surface area contributed by atoms with Crippen molar-refractivity contribution in [1.29, 1.82) is 0 Å². The van der Waals surface area contributed by atoms with E-state index in [0.717, 1.165) is 114 Å². The van der Waals surface area contributed by atoms with Gasteiger partial charge < -0.3 is 33.8 Å². The highest BCUT2D eigenvalue weighted by atomic mass is 31.2. The zero-order valence-electron chi connectivity index (χ0n) is 60.9. The molecule has 0 fully saturated rings. The number of ether oxygens (including phenoxy) is 4. The molecule has 0 radical (unpaired) electrons. The molecule has 0 bridgehead atoms. The normalized spacial score (nSPS) is 14.2. The van der Waals surface area contributed by atoms with Crippen molar-refractivity contribution >= 4 is 39.5 Å². The van der Waals surface area contributed by atoms with Crippen molar-refractivity contribution in [3.63, 3.8) is 0 Å². The van der Waals surface area contributed by atoms with Gasteiger partial charge in [-0.1, -0.05) is 319 Å². The smallest absolute Gasteiger partial charge is 0.462 e. The van der Waals surface area contributed by atoms with Crippen LogP contribution in [0.5, 0.6) is 0 Å². The van der Waals surface area contributed by atoms with Crippen LogP contribution in [-0.4, -0.2) is 96.7 Å². The summed E-state index contributed by atoms with van der Waals surface area (Å²) in [5.74, 6) is 0.861. The minimum atomic E-state index is -4.95. The van der Waals surface area contributed by atoms with E-state index in [-0.39, 0.29) is 25.7 Å². The van der Waals surface area contributed by atoms with Crippen LogP contribution in [0.2, 0.25) is 0 Å². The van der Waals surface area contributed by atoms with Crippen LogP contribution >= 0.6 is 15.6 Å². The van der Waals surface area contributed by atoms with Crippen LogP contribution in [0.15, 0.2) is 0 Å². The van der Waals surface area contributed by atoms with Crippen LogP contribution < -0.4 is 0 Å². The third-order valence-corrected chi connectivity index (χ3v) is 19.0. The van der Waals surface area contributed by atoms with Gasteiger partial charge in [0, 0.05) is 25.7 Å². The van der Waals surface area contributed by atoms with Crippen molar-refractivity contribution < 1.29 is 80.2 Å². The van der Waals surface area contributed by atoms with Gasteiger partial charge in [0.15, 0.2) is 12.2 Å². The number of hydrogen-bond donors (Lipinski definition) is 3. The highest BCUT2D eigenvalue weighted by Crippen LogP contribution is 2.45. The quantitative estimate of drug-likeness (QED) is 0.0222. The first-order valence-corrected chi connectivity index (χ1v) is 41.2. The van der Waals surface area contributed by atoms with E-state index in [1.165, 1.54) is 167 Å². The molecule has 5 atom stereocenters. The van der Waals surface area contributed by atoms with Crippen molar-refractivity contribution in [2.45, 2.75) is 388 Å². The summed E-state index contributed by atoms with van der Waals surface area (Å²) in [5.41, 5.74) is 0. The maximum Gasteiger partial charge on any atom is 0.472 e. The summed E-state index contributed by atoms with van der Waals surface area (Å²) >= 11 is 0. The summed E-state index contributed by atoms with van der Waals surface area (Å²) in [6, 6.07) is 0. The molecule has 19 heteroatoms. The molecule has 0 aromatic rings. The molecule has 3 unspecified atom stereocenters. The molecule has 0 aromatic heterocycles. The minimum absolute atomic E-state index is 0.104. The van der Waals surface area contributed by atoms with Gasteiger partial charge >= 0.3 is 39.5 Å². The van der Waals surface area contributed by atoms with E-state index < -0.39 is 97.5 Å². The Balaban J connectivity index is 5.19. The molecule has 3 N–H and O–H groups in total. The lowest BCUT2D eigenvalue weighted by molar-refractivity contribution is -0.161. The van der Waals surface area contributed by atoms with E-state index in [4.69, 9.17) is 37.0 Å². The first kappa shape index (κ1) is 91.1. The Bertz CT molecular complexity index is 1830. The highest BCUT2D eigenvalue weighted by molar-refractivity contribution is 7.47. The Morgan fingerprint density at radius 3 is 0.667 bits per heavy atom. The molecule has 0 amide bonds. The zero-order chi connectivity index (χ0) is 68.9. The molecule has 0 saturated carbocycles. The lowest BCUT2D eigenvalue weighted by Gasteiger charge is -2.21. The number of aliphatic hydroxyl groups excluding tert-OH is 1. The van der Waals surface area contributed by atoms with Gasteiger partial charge in [0.1, 0.15) is 19.3 Å². The number of unbranched alkanes of at least 4 members (excludes halogenated alkanes) is 37. The van der Waals surface area contributed by atoms with Gasteiger partial charge in [0.2, 0.25) is 0 Å². The molecule has 0 saturated heterocycles. The number of hydrogen-bond acceptors (Lipinski definition) is 15. The SMILES string of the molecule is CC(C)CCCCCCCCCCCCCCCCCCC(=O)OC[C@H](COP(=O)(O)OCC(O)COP(=O)(O)OC[C@@H](COC(=O)CCCCCCCCCC(C)C)OC(=O)CCCCCCCCCCCCC(C)C)OC(=O)CCCCCCCCCCC(C)C. The molecule has 0 spiro atoms. The summed E-state index contributed by atoms with van der Waals surface area (Å²) in [4.78, 5) is 72.7. The molecule has 0 aliphatic heterocycles. The molecule has 0 aliphatic rings. The Hall–Kier alpha value is -1.94. The van der Waals surface area contributed by atoms with Crippen LogP contribution in [-0.2, 0) is 65.4 Å². The second kappa shape index (κ2) is 63.5. The zero-order valence-corrected chi connectivity index (χ0v) is 62.7. The van der Waals surface area contributed by atoms with Crippen molar-refractivity contribution in [2.24, 2.45) is 23.7 Å². The molecule has 0 aliphatic carbocycles. The lowest BCUT2D eigenvalue weighted by atomic mass is 10.0. The fraction of sp³-hybridized carbons (Fsp3) is 0.946. The number of carbonyl (C=O) groups excluding carboxylic acids is 4. The largest absolute Gasteiger partial charge is 0.472 e. The second-order valence-electron chi connectivity index (χ2n) is 28.6. The number of phosphoric ester groups is 2. The second-order valence-corrected chi connectivity index (χ2v) is 31.5. The Morgan fingerprint density at radius 2 is 0.452 bits per heavy atom. The number of carbonyl (C=O) groups is 4. The van der Waals surface area contributed by atoms with Gasteiger partial charge in [0.05, 0.1) is 26.4 Å². The fourth-order valence-corrected chi connectivity index (χ4v) is 12.8. The Labute approximate surface area is 568 Å². The predicted molar refractivity (Wildman–Crippen MR) is 377 cm³/mol. The maximum atomic E-state index is 13.0. The van der Waals surface area contributed by atoms with E-state index in [2.05, 4.69) is 55.4 Å². The van der Waals surface area contributed by atoms with Crippen molar-refractivity contribution in [3.8, 4) is 0 Å². The fourth-order valence-electron chi connectivity index (χ4n) is 11.2. The van der Waals surface area contributed by atoms with Crippen molar-refractivity contribution in [3.05, 3.63) is 0 Å². The Kier molecular flexibility index (Phi) is 62.2. The molecule has 0 heterocycles. The molecule has 93 heavy (non-hydrogen) atoms. The van der Waals surface area contributed by atoms with E-state index in [1.807, 2.05) is 0 Å². The van der Waals surface area contributed by atoms with E-state index >= 15 is 0 Å². The average molecular weight is 1370 g/mol. The molecule has 0 aromatic carbocycles. The van der Waals surface area contributed by atoms with Gasteiger partial charge in [-0.15, -0.1) is 0 Å². The molecular weight excluding hydrogens is 1220 g/mol. The lowest BCUT2D eigenvalue weighted by Crippen LogP contribution is -2.30. The number of aliphatic hydroxyl groups is 1. The van der Waals surface area contributed by atoms with Crippen LogP contribution in [0.4, 0.5) is 0 Å². The highest BCUT2D eigenvalue weighted by Gasteiger charge is 2.30. The molecule has 552 valence electrons. The number of esters is 4. The average Bonchev–Trinajstić information content (AvgIpc) is 2.71. The standard InChI is InChI=1S/C74H144O17P2/c1-64(2)50-42-34-26-19-15-13-11-9-10-12-14-16-21-30-38-46-54-71(76)84-60-69(91-74(79)57-49-41-32-24-23-28-36-44-52-66(5)6)62-88-92(80,81)86-58-68(75)59-87-93(82,83)89-63-70(61-85-72(77)55-47-39-33-25-29-37-45-53-67(7)8)90-73(78)56-48-40-31-22-18-17-20-27-35-43-51-65(3)4/h64-70,75H,9-63H2,1-8H3,(H,80,81)(H,82,83)/t68?,69-,70-/m1/s1. The molecule has 0 rings (SSSR count). The summed E-state index contributed by atoms with van der Waals surface area (Å²) in [6.07, 6.45) is 47.4. The topological polar surface area (TPSA) is 237 Å². The molecule has 17 nitrogen and oxygen atoms in total. The maximum absolute atomic E-state index is 13.0. The number of rotatable bonds is 71. The summed E-state index contributed by atoms with van der Waals surface area (Å²) in [7, 11) is -9.91. The van der Waals surface area contributed by atoms with Crippen LogP contribution in [0.25, 0.3) is 0 Å².